The van der Waals surface area contributed by atoms with E-state index in [9.17, 15) is 13.2 Å². The van der Waals surface area contributed by atoms with Gasteiger partial charge in [0.25, 0.3) is 16.1 Å². The van der Waals surface area contributed by atoms with Gasteiger partial charge in [0, 0.05) is 49.2 Å². The van der Waals surface area contributed by atoms with E-state index in [1.54, 1.807) is 14.7 Å². The lowest BCUT2D eigenvalue weighted by Crippen LogP contribution is -2.57. The summed E-state index contributed by atoms with van der Waals surface area (Å²) in [6, 6.07) is 2.20. The lowest BCUT2D eigenvalue weighted by Gasteiger charge is -2.43. The van der Waals surface area contributed by atoms with Crippen molar-refractivity contribution in [3.63, 3.8) is 0 Å². The van der Waals surface area contributed by atoms with Gasteiger partial charge < -0.3 is 14.7 Å². The van der Waals surface area contributed by atoms with Gasteiger partial charge in [0.05, 0.1) is 0 Å². The Morgan fingerprint density at radius 3 is 2.24 bits per heavy atom. The average molecular weight is 478 g/mol. The molecule has 0 aromatic carbocycles. The second-order valence-corrected chi connectivity index (χ2v) is 12.5. The Labute approximate surface area is 196 Å². The lowest BCUT2D eigenvalue weighted by molar-refractivity contribution is 0.0896. The highest BCUT2D eigenvalue weighted by Gasteiger charge is 2.49. The van der Waals surface area contributed by atoms with E-state index in [0.29, 0.717) is 43.6 Å². The molecule has 0 unspecified atom stereocenters. The number of rotatable bonds is 6. The van der Waals surface area contributed by atoms with E-state index in [2.05, 4.69) is 15.4 Å². The molecule has 182 valence electrons. The number of amides is 1. The fourth-order valence-electron chi connectivity index (χ4n) is 6.52. The summed E-state index contributed by atoms with van der Waals surface area (Å²) in [5.74, 6) is 1.01. The molecule has 4 aliphatic heterocycles. The van der Waals surface area contributed by atoms with Crippen molar-refractivity contribution in [3.05, 3.63) is 17.5 Å². The van der Waals surface area contributed by atoms with Crippen LogP contribution >= 0.6 is 0 Å². The fraction of sp³-hybridized carbons (Fsp3) is 0.826. The highest BCUT2D eigenvalue weighted by molar-refractivity contribution is 7.86. The van der Waals surface area contributed by atoms with Crippen molar-refractivity contribution in [2.45, 2.75) is 94.3 Å². The minimum atomic E-state index is -3.46. The molecular weight excluding hydrogens is 442 g/mol. The standard InChI is InChI=1S/C23H35N5O4S/c29-23(21-15-22(32-25-21)16-3-4-16)24-17-13-19-5-6-20(14-17)28(19)33(30,31)27-11-7-18(8-12-27)26-9-1-2-10-26/h15-20H,1-14H2,(H,24,29)/t17-,19+,20-. The van der Waals surface area contributed by atoms with Crippen LogP contribution in [0.4, 0.5) is 0 Å². The number of likely N-dealkylation sites (tertiary alicyclic amines) is 1. The molecular formula is C23H35N5O4S. The summed E-state index contributed by atoms with van der Waals surface area (Å²) in [6.45, 7) is 3.57. The Bertz CT molecular complexity index is 965. The Hall–Kier alpha value is -1.49. The van der Waals surface area contributed by atoms with Crippen LogP contribution in [0, 0.1) is 0 Å². The highest BCUT2D eigenvalue weighted by atomic mass is 32.2. The van der Waals surface area contributed by atoms with Crippen LogP contribution in [0.15, 0.2) is 10.6 Å². The first-order chi connectivity index (χ1) is 16.0. The molecule has 0 spiro atoms. The quantitative estimate of drug-likeness (QED) is 0.674. The third-order valence-corrected chi connectivity index (χ3v) is 10.6. The van der Waals surface area contributed by atoms with E-state index in [0.717, 1.165) is 57.4 Å². The zero-order valence-electron chi connectivity index (χ0n) is 19.2. The van der Waals surface area contributed by atoms with Crippen LogP contribution in [0.3, 0.4) is 0 Å². The summed E-state index contributed by atoms with van der Waals surface area (Å²) in [5, 5.41) is 7.04. The summed E-state index contributed by atoms with van der Waals surface area (Å²) in [7, 11) is -3.46. The Morgan fingerprint density at radius 1 is 0.939 bits per heavy atom. The molecule has 10 heteroatoms. The van der Waals surface area contributed by atoms with Crippen molar-refractivity contribution in [1.29, 1.82) is 0 Å². The monoisotopic (exact) mass is 477 g/mol. The number of piperidine rings is 2. The smallest absolute Gasteiger partial charge is 0.282 e. The molecule has 1 aromatic heterocycles. The molecule has 4 saturated heterocycles. The van der Waals surface area contributed by atoms with E-state index in [4.69, 9.17) is 4.52 Å². The van der Waals surface area contributed by atoms with Gasteiger partial charge in [-0.3, -0.25) is 4.79 Å². The van der Waals surface area contributed by atoms with Gasteiger partial charge in [-0.05, 0) is 77.3 Å². The predicted molar refractivity (Wildman–Crippen MR) is 122 cm³/mol. The number of nitrogens with zero attached hydrogens (tertiary/aromatic N) is 4. The summed E-state index contributed by atoms with van der Waals surface area (Å²) >= 11 is 0. The molecule has 2 bridgehead atoms. The van der Waals surface area contributed by atoms with Gasteiger partial charge in [0.1, 0.15) is 5.76 Å². The summed E-state index contributed by atoms with van der Waals surface area (Å²) in [6.07, 6.45) is 9.68. The number of hydrogen-bond donors (Lipinski definition) is 1. The number of fused-ring (bicyclic) bond motifs is 2. The van der Waals surface area contributed by atoms with Crippen LogP contribution in [-0.2, 0) is 10.2 Å². The van der Waals surface area contributed by atoms with Gasteiger partial charge in [-0.1, -0.05) is 5.16 Å². The first-order valence-corrected chi connectivity index (χ1v) is 14.2. The average Bonchev–Trinajstić information content (AvgIpc) is 3.21. The van der Waals surface area contributed by atoms with E-state index in [-0.39, 0.29) is 24.0 Å². The molecule has 5 aliphatic rings. The lowest BCUT2D eigenvalue weighted by atomic mass is 9.99. The van der Waals surface area contributed by atoms with Gasteiger partial charge in [-0.15, -0.1) is 0 Å². The maximum Gasteiger partial charge on any atom is 0.282 e. The van der Waals surface area contributed by atoms with Crippen molar-refractivity contribution in [1.82, 2.24) is 24.0 Å². The van der Waals surface area contributed by atoms with Crippen LogP contribution in [0.5, 0.6) is 0 Å². The normalized spacial score (nSPS) is 32.4. The molecule has 1 N–H and O–H groups in total. The van der Waals surface area contributed by atoms with Crippen LogP contribution < -0.4 is 5.32 Å². The summed E-state index contributed by atoms with van der Waals surface area (Å²) in [4.78, 5) is 15.2. The van der Waals surface area contributed by atoms with Crippen molar-refractivity contribution in [2.24, 2.45) is 0 Å². The van der Waals surface area contributed by atoms with Crippen LogP contribution in [0.2, 0.25) is 0 Å². The number of nitrogens with one attached hydrogen (secondary N) is 1. The largest absolute Gasteiger partial charge is 0.360 e. The molecule has 1 saturated carbocycles. The Morgan fingerprint density at radius 2 is 1.61 bits per heavy atom. The topological polar surface area (TPSA) is 99.0 Å². The highest BCUT2D eigenvalue weighted by Crippen LogP contribution is 2.41. The molecule has 5 heterocycles. The molecule has 6 rings (SSSR count). The van der Waals surface area contributed by atoms with E-state index >= 15 is 0 Å². The summed E-state index contributed by atoms with van der Waals surface area (Å²) in [5.41, 5.74) is 0.333. The van der Waals surface area contributed by atoms with E-state index < -0.39 is 10.2 Å². The number of carbonyl (C=O) groups is 1. The molecule has 33 heavy (non-hydrogen) atoms. The first-order valence-electron chi connectivity index (χ1n) is 12.8. The van der Waals surface area contributed by atoms with Crippen LogP contribution in [0.25, 0.3) is 0 Å². The van der Waals surface area contributed by atoms with Gasteiger partial charge in [0.2, 0.25) is 0 Å². The van der Waals surface area contributed by atoms with Gasteiger partial charge in [-0.25, -0.2) is 0 Å². The number of hydrogen-bond acceptors (Lipinski definition) is 6. The third kappa shape index (κ3) is 4.24. The Kier molecular flexibility index (Phi) is 5.75. The maximum absolute atomic E-state index is 13.6. The molecule has 1 aromatic rings. The maximum atomic E-state index is 13.6. The second-order valence-electron chi connectivity index (χ2n) is 10.6. The van der Waals surface area contributed by atoms with Crippen molar-refractivity contribution >= 4 is 16.1 Å². The van der Waals surface area contributed by atoms with Crippen molar-refractivity contribution in [2.75, 3.05) is 26.2 Å². The molecule has 3 atom stereocenters. The zero-order valence-corrected chi connectivity index (χ0v) is 20.0. The third-order valence-electron chi connectivity index (χ3n) is 8.42. The van der Waals surface area contributed by atoms with E-state index in [1.807, 2.05) is 0 Å². The molecule has 1 aliphatic carbocycles. The molecule has 5 fully saturated rings. The minimum Gasteiger partial charge on any atom is -0.360 e. The SMILES string of the molecule is O=C(N[C@H]1C[C@H]2CC[C@@H](C1)N2S(=O)(=O)N1CCC(N2CCCC2)CC1)c1cc(C2CC2)on1. The van der Waals surface area contributed by atoms with Gasteiger partial charge in [0.15, 0.2) is 5.69 Å². The van der Waals surface area contributed by atoms with E-state index in [1.165, 1.54) is 12.8 Å². The fourth-order valence-corrected chi connectivity index (χ4v) is 8.60. The number of aromatic nitrogens is 1. The predicted octanol–water partition coefficient (Wildman–Crippen LogP) is 2.08. The van der Waals surface area contributed by atoms with Crippen molar-refractivity contribution < 1.29 is 17.7 Å². The Balaban J connectivity index is 1.06. The molecule has 1 amide bonds. The number of carbonyl (C=O) groups excluding carboxylic acids is 1. The van der Waals surface area contributed by atoms with Gasteiger partial charge in [-0.2, -0.15) is 17.0 Å². The second kappa shape index (κ2) is 8.62. The van der Waals surface area contributed by atoms with Crippen LogP contribution in [0.1, 0.15) is 86.4 Å². The molecule has 0 radical (unpaired) electrons. The van der Waals surface area contributed by atoms with Crippen molar-refractivity contribution in [3.8, 4) is 0 Å². The molecule has 9 nitrogen and oxygen atoms in total. The van der Waals surface area contributed by atoms with Gasteiger partial charge >= 0.3 is 0 Å². The zero-order chi connectivity index (χ0) is 22.6. The van der Waals surface area contributed by atoms with Crippen LogP contribution in [-0.4, -0.2) is 83.3 Å². The minimum absolute atomic E-state index is 0.0246. The first kappa shape index (κ1) is 22.0. The summed E-state index contributed by atoms with van der Waals surface area (Å²) < 4.78 is 36.0.